The SMILES string of the molecule is CC(CN)CC(N)c1ccc(Cl)s1. The molecule has 0 amide bonds. The predicted octanol–water partition coefficient (Wildman–Crippen LogP) is 2.39. The molecule has 4 N–H and O–H groups in total. The second kappa shape index (κ2) is 4.96. The number of halogens is 1. The van der Waals surface area contributed by atoms with Crippen molar-refractivity contribution >= 4 is 22.9 Å². The minimum absolute atomic E-state index is 0.0797. The van der Waals surface area contributed by atoms with Crippen LogP contribution in [0.4, 0.5) is 0 Å². The molecule has 0 fully saturated rings. The Hall–Kier alpha value is -0.0900. The Kier molecular flexibility index (Phi) is 4.19. The maximum atomic E-state index is 5.98. The summed E-state index contributed by atoms with van der Waals surface area (Å²) in [5.74, 6) is 0.468. The molecule has 13 heavy (non-hydrogen) atoms. The van der Waals surface area contributed by atoms with E-state index < -0.39 is 0 Å². The van der Waals surface area contributed by atoms with Gasteiger partial charge in [-0.25, -0.2) is 0 Å². The van der Waals surface area contributed by atoms with Gasteiger partial charge in [0.15, 0.2) is 0 Å². The molecule has 2 unspecified atom stereocenters. The van der Waals surface area contributed by atoms with Crippen LogP contribution < -0.4 is 11.5 Å². The first-order valence-corrected chi connectivity index (χ1v) is 5.53. The first-order valence-electron chi connectivity index (χ1n) is 4.34. The monoisotopic (exact) mass is 218 g/mol. The highest BCUT2D eigenvalue weighted by Gasteiger charge is 2.11. The van der Waals surface area contributed by atoms with Crippen LogP contribution in [-0.2, 0) is 0 Å². The van der Waals surface area contributed by atoms with Crippen LogP contribution in [0.1, 0.15) is 24.3 Å². The van der Waals surface area contributed by atoms with Crippen molar-refractivity contribution in [2.75, 3.05) is 6.54 Å². The highest BCUT2D eigenvalue weighted by atomic mass is 35.5. The highest BCUT2D eigenvalue weighted by Crippen LogP contribution is 2.28. The van der Waals surface area contributed by atoms with Crippen molar-refractivity contribution in [2.24, 2.45) is 17.4 Å². The topological polar surface area (TPSA) is 52.0 Å². The van der Waals surface area contributed by atoms with Crippen molar-refractivity contribution in [2.45, 2.75) is 19.4 Å². The maximum Gasteiger partial charge on any atom is 0.0931 e. The molecule has 0 aromatic carbocycles. The second-order valence-electron chi connectivity index (χ2n) is 3.32. The number of nitrogens with two attached hydrogens (primary N) is 2. The molecular weight excluding hydrogens is 204 g/mol. The zero-order valence-corrected chi connectivity index (χ0v) is 9.24. The Bertz CT molecular complexity index is 262. The van der Waals surface area contributed by atoms with E-state index >= 15 is 0 Å². The summed E-state index contributed by atoms with van der Waals surface area (Å²) in [6.45, 7) is 2.79. The lowest BCUT2D eigenvalue weighted by Crippen LogP contribution is -2.18. The molecule has 0 aliphatic carbocycles. The summed E-state index contributed by atoms with van der Waals surface area (Å²) in [7, 11) is 0. The van der Waals surface area contributed by atoms with E-state index in [0.29, 0.717) is 12.5 Å². The molecule has 0 radical (unpaired) electrons. The van der Waals surface area contributed by atoms with Crippen molar-refractivity contribution in [1.82, 2.24) is 0 Å². The molecule has 1 aromatic rings. The van der Waals surface area contributed by atoms with E-state index in [1.54, 1.807) is 11.3 Å². The third kappa shape index (κ3) is 3.27. The smallest absolute Gasteiger partial charge is 0.0931 e. The number of thiophene rings is 1. The standard InChI is InChI=1S/C9H15ClN2S/c1-6(5-11)4-7(12)8-2-3-9(10)13-8/h2-3,6-7H,4-5,11-12H2,1H3. The summed E-state index contributed by atoms with van der Waals surface area (Å²) >= 11 is 7.36. The summed E-state index contributed by atoms with van der Waals surface area (Å²) < 4.78 is 0.797. The van der Waals surface area contributed by atoms with Gasteiger partial charge in [-0.3, -0.25) is 0 Å². The molecule has 0 aliphatic rings. The van der Waals surface area contributed by atoms with Crippen molar-refractivity contribution in [3.8, 4) is 0 Å². The quantitative estimate of drug-likeness (QED) is 0.816. The Morgan fingerprint density at radius 3 is 2.69 bits per heavy atom. The van der Waals surface area contributed by atoms with Crippen molar-refractivity contribution in [1.29, 1.82) is 0 Å². The summed E-state index contributed by atoms with van der Waals surface area (Å²) in [4.78, 5) is 1.14. The summed E-state index contributed by atoms with van der Waals surface area (Å²) in [5, 5.41) is 0. The summed E-state index contributed by atoms with van der Waals surface area (Å²) in [6, 6.07) is 3.95. The third-order valence-electron chi connectivity index (χ3n) is 2.02. The lowest BCUT2D eigenvalue weighted by molar-refractivity contribution is 0.486. The van der Waals surface area contributed by atoms with E-state index in [1.165, 1.54) is 0 Å². The molecule has 4 heteroatoms. The van der Waals surface area contributed by atoms with Gasteiger partial charge in [0.1, 0.15) is 0 Å². The molecule has 1 heterocycles. The van der Waals surface area contributed by atoms with Crippen molar-refractivity contribution < 1.29 is 0 Å². The van der Waals surface area contributed by atoms with Crippen LogP contribution in [0.2, 0.25) is 4.34 Å². The normalized spacial score (nSPS) is 15.7. The van der Waals surface area contributed by atoms with Gasteiger partial charge in [0, 0.05) is 10.9 Å². The van der Waals surface area contributed by atoms with Gasteiger partial charge in [0.2, 0.25) is 0 Å². The van der Waals surface area contributed by atoms with Crippen LogP contribution in [0.25, 0.3) is 0 Å². The third-order valence-corrected chi connectivity index (χ3v) is 3.38. The van der Waals surface area contributed by atoms with Crippen LogP contribution >= 0.6 is 22.9 Å². The Morgan fingerprint density at radius 2 is 2.23 bits per heavy atom. The van der Waals surface area contributed by atoms with Gasteiger partial charge < -0.3 is 11.5 Å². The largest absolute Gasteiger partial charge is 0.330 e. The Morgan fingerprint density at radius 1 is 1.54 bits per heavy atom. The van der Waals surface area contributed by atoms with E-state index in [2.05, 4.69) is 6.92 Å². The Labute approximate surface area is 87.9 Å². The zero-order valence-electron chi connectivity index (χ0n) is 7.66. The van der Waals surface area contributed by atoms with Gasteiger partial charge in [-0.15, -0.1) is 11.3 Å². The minimum Gasteiger partial charge on any atom is -0.330 e. The first-order chi connectivity index (χ1) is 6.13. The van der Waals surface area contributed by atoms with Gasteiger partial charge in [0.05, 0.1) is 4.34 Å². The molecular formula is C9H15ClN2S. The highest BCUT2D eigenvalue weighted by molar-refractivity contribution is 7.16. The maximum absolute atomic E-state index is 5.98. The van der Waals surface area contributed by atoms with E-state index in [1.807, 2.05) is 12.1 Å². The molecule has 0 spiro atoms. The zero-order chi connectivity index (χ0) is 9.84. The van der Waals surface area contributed by atoms with Crippen LogP contribution in [0, 0.1) is 5.92 Å². The summed E-state index contributed by atoms with van der Waals surface area (Å²) in [5.41, 5.74) is 11.5. The van der Waals surface area contributed by atoms with Crippen LogP contribution in [0.5, 0.6) is 0 Å². The van der Waals surface area contributed by atoms with Gasteiger partial charge in [-0.1, -0.05) is 18.5 Å². The average Bonchev–Trinajstić information content (AvgIpc) is 2.51. The fraction of sp³-hybridized carbons (Fsp3) is 0.556. The number of hydrogen-bond acceptors (Lipinski definition) is 3. The van der Waals surface area contributed by atoms with Crippen molar-refractivity contribution in [3.05, 3.63) is 21.3 Å². The van der Waals surface area contributed by atoms with E-state index in [4.69, 9.17) is 23.1 Å². The predicted molar refractivity (Wildman–Crippen MR) is 59.1 cm³/mol. The molecule has 74 valence electrons. The van der Waals surface area contributed by atoms with E-state index in [0.717, 1.165) is 15.6 Å². The first kappa shape index (κ1) is 11.0. The average molecular weight is 219 g/mol. The van der Waals surface area contributed by atoms with Gasteiger partial charge in [-0.2, -0.15) is 0 Å². The number of hydrogen-bond donors (Lipinski definition) is 2. The Balaban J connectivity index is 2.53. The van der Waals surface area contributed by atoms with E-state index in [9.17, 15) is 0 Å². The molecule has 1 aromatic heterocycles. The molecule has 1 rings (SSSR count). The molecule has 0 saturated heterocycles. The van der Waals surface area contributed by atoms with Gasteiger partial charge in [-0.05, 0) is 31.0 Å². The molecule has 2 nitrogen and oxygen atoms in total. The van der Waals surface area contributed by atoms with Crippen LogP contribution in [-0.4, -0.2) is 6.54 Å². The molecule has 0 saturated carbocycles. The summed E-state index contributed by atoms with van der Waals surface area (Å²) in [6.07, 6.45) is 0.924. The van der Waals surface area contributed by atoms with Crippen LogP contribution in [0.15, 0.2) is 12.1 Å². The van der Waals surface area contributed by atoms with Gasteiger partial charge in [0.25, 0.3) is 0 Å². The fourth-order valence-electron chi connectivity index (χ4n) is 1.17. The molecule has 0 aliphatic heterocycles. The minimum atomic E-state index is 0.0797. The van der Waals surface area contributed by atoms with Gasteiger partial charge >= 0.3 is 0 Å². The second-order valence-corrected chi connectivity index (χ2v) is 5.07. The van der Waals surface area contributed by atoms with E-state index in [-0.39, 0.29) is 6.04 Å². The number of rotatable bonds is 4. The molecule has 2 atom stereocenters. The lowest BCUT2D eigenvalue weighted by atomic mass is 10.0. The molecule has 0 bridgehead atoms. The lowest BCUT2D eigenvalue weighted by Gasteiger charge is -2.13. The fourth-order valence-corrected chi connectivity index (χ4v) is 2.25. The van der Waals surface area contributed by atoms with Crippen LogP contribution in [0.3, 0.4) is 0 Å². The van der Waals surface area contributed by atoms with Crippen molar-refractivity contribution in [3.63, 3.8) is 0 Å².